The zero-order valence-corrected chi connectivity index (χ0v) is 22.6. The van der Waals surface area contributed by atoms with Gasteiger partial charge >= 0.3 is 0 Å². The zero-order valence-electron chi connectivity index (χ0n) is 22.6. The summed E-state index contributed by atoms with van der Waals surface area (Å²) in [6.45, 7) is 4.56. The number of hydrogen-bond acceptors (Lipinski definition) is 1. The lowest BCUT2D eigenvalue weighted by atomic mass is 9.85. The van der Waals surface area contributed by atoms with Crippen molar-refractivity contribution in [3.8, 4) is 22.5 Å². The molecule has 0 aliphatic carbocycles. The molecule has 6 heterocycles. The van der Waals surface area contributed by atoms with Crippen LogP contribution in [0.15, 0.2) is 79.1 Å². The van der Waals surface area contributed by atoms with Crippen LogP contribution in [0.5, 0.6) is 0 Å². The second-order valence-corrected chi connectivity index (χ2v) is 11.6. The third-order valence-electron chi connectivity index (χ3n) is 9.18. The molecule has 0 bridgehead atoms. The molecule has 39 heavy (non-hydrogen) atoms. The molecule has 4 aliphatic heterocycles. The van der Waals surface area contributed by atoms with Gasteiger partial charge in [0, 0.05) is 55.9 Å². The highest BCUT2D eigenvalue weighted by Crippen LogP contribution is 2.39. The average Bonchev–Trinajstić information content (AvgIpc) is 2.99. The van der Waals surface area contributed by atoms with Gasteiger partial charge in [0.25, 0.3) is 0 Å². The molecule has 0 saturated heterocycles. The fourth-order valence-electron chi connectivity index (χ4n) is 7.39. The summed E-state index contributed by atoms with van der Waals surface area (Å²) >= 11 is 0. The molecular formula is C36H35N3+2. The first-order chi connectivity index (χ1) is 19.3. The van der Waals surface area contributed by atoms with Crippen LogP contribution in [0.4, 0.5) is 5.69 Å². The van der Waals surface area contributed by atoms with Crippen molar-refractivity contribution in [1.29, 1.82) is 0 Å². The molecule has 0 atom stereocenters. The second kappa shape index (κ2) is 9.34. The smallest absolute Gasteiger partial charge is 0.214 e. The summed E-state index contributed by atoms with van der Waals surface area (Å²) in [5.41, 5.74) is 15.8. The molecule has 8 rings (SSSR count). The Labute approximate surface area is 231 Å². The first kappa shape index (κ1) is 23.0. The van der Waals surface area contributed by atoms with Crippen LogP contribution in [0.3, 0.4) is 0 Å². The van der Waals surface area contributed by atoms with E-state index in [1.807, 2.05) is 0 Å². The lowest BCUT2D eigenvalue weighted by molar-refractivity contribution is -0.689. The van der Waals surface area contributed by atoms with E-state index < -0.39 is 0 Å². The molecule has 4 aromatic rings. The summed E-state index contributed by atoms with van der Waals surface area (Å²) in [6.07, 6.45) is 20.7. The number of benzene rings is 2. The Bertz CT molecular complexity index is 1640. The highest BCUT2D eigenvalue weighted by atomic mass is 15.1. The van der Waals surface area contributed by atoms with Gasteiger partial charge in [0.05, 0.1) is 11.1 Å². The zero-order chi connectivity index (χ0) is 25.8. The average molecular weight is 510 g/mol. The van der Waals surface area contributed by atoms with Gasteiger partial charge in [-0.3, -0.25) is 0 Å². The minimum atomic E-state index is 1.04. The molecular weight excluding hydrogens is 474 g/mol. The standard InChI is InChI=1S/C36H35N3/c1(2-8-27-23-30-9-5-18-39-19-6-10-31(24-27)36(30)39)7-26-14-20-38-22-16-29-13-12-28-15-21-37-17-4-3-11-32(37)34(28)35(29)33(38)25-26/h1-4,7-8,11-14,17,20,23-25H,5-6,9-10,15-16,18-19,21-22H2/q+2. The molecule has 0 unspecified atom stereocenters. The molecule has 3 nitrogen and oxygen atoms in total. The molecule has 0 fully saturated rings. The van der Waals surface area contributed by atoms with E-state index in [1.54, 1.807) is 16.8 Å². The molecule has 0 N–H and O–H groups in total. The lowest BCUT2D eigenvalue weighted by Gasteiger charge is -2.37. The van der Waals surface area contributed by atoms with Crippen molar-refractivity contribution in [3.05, 3.63) is 113 Å². The van der Waals surface area contributed by atoms with Gasteiger partial charge in [-0.15, -0.1) is 0 Å². The van der Waals surface area contributed by atoms with E-state index in [2.05, 4.69) is 105 Å². The summed E-state index contributed by atoms with van der Waals surface area (Å²) in [5.74, 6) is 0. The van der Waals surface area contributed by atoms with Crippen molar-refractivity contribution in [1.82, 2.24) is 0 Å². The summed E-state index contributed by atoms with van der Waals surface area (Å²) in [6, 6.07) is 20.9. The highest BCUT2D eigenvalue weighted by Gasteiger charge is 2.33. The maximum absolute atomic E-state index is 2.62. The predicted molar refractivity (Wildman–Crippen MR) is 158 cm³/mol. The number of nitrogens with zero attached hydrogens (tertiary/aromatic N) is 3. The largest absolute Gasteiger partial charge is 0.371 e. The number of fused-ring (bicyclic) bond motifs is 7. The van der Waals surface area contributed by atoms with Crippen molar-refractivity contribution in [2.45, 2.75) is 51.6 Å². The Morgan fingerprint density at radius 2 is 1.26 bits per heavy atom. The molecule has 0 radical (unpaired) electrons. The Morgan fingerprint density at radius 1 is 0.590 bits per heavy atom. The van der Waals surface area contributed by atoms with Gasteiger partial charge < -0.3 is 4.90 Å². The van der Waals surface area contributed by atoms with Crippen molar-refractivity contribution in [3.63, 3.8) is 0 Å². The van der Waals surface area contributed by atoms with Gasteiger partial charge in [-0.05, 0) is 77.3 Å². The van der Waals surface area contributed by atoms with Gasteiger partial charge in [-0.2, -0.15) is 9.13 Å². The quantitative estimate of drug-likeness (QED) is 0.239. The third kappa shape index (κ3) is 3.95. The Hall–Kier alpha value is -3.98. The van der Waals surface area contributed by atoms with Crippen molar-refractivity contribution >= 4 is 17.8 Å². The number of anilines is 1. The summed E-state index contributed by atoms with van der Waals surface area (Å²) in [5, 5.41) is 0. The van der Waals surface area contributed by atoms with Crippen LogP contribution in [0.1, 0.15) is 46.2 Å². The number of aryl methyl sites for hydroxylation is 6. The summed E-state index contributed by atoms with van der Waals surface area (Å²) in [4.78, 5) is 2.62. The van der Waals surface area contributed by atoms with Gasteiger partial charge in [0.15, 0.2) is 25.5 Å². The van der Waals surface area contributed by atoms with Crippen LogP contribution >= 0.6 is 0 Å². The van der Waals surface area contributed by atoms with Crippen molar-refractivity contribution < 1.29 is 9.13 Å². The van der Waals surface area contributed by atoms with Crippen LogP contribution in [-0.2, 0) is 38.8 Å². The monoisotopic (exact) mass is 509 g/mol. The van der Waals surface area contributed by atoms with Crippen LogP contribution in [-0.4, -0.2) is 13.1 Å². The molecule has 0 saturated carbocycles. The molecule has 192 valence electrons. The number of aromatic nitrogens is 2. The molecule has 4 aliphatic rings. The maximum Gasteiger partial charge on any atom is 0.214 e. The van der Waals surface area contributed by atoms with E-state index in [0.717, 1.165) is 25.9 Å². The van der Waals surface area contributed by atoms with Gasteiger partial charge in [-0.25, -0.2) is 0 Å². The number of hydrogen-bond donors (Lipinski definition) is 0. The van der Waals surface area contributed by atoms with Crippen LogP contribution in [0, 0.1) is 0 Å². The molecule has 3 heteroatoms. The Kier molecular flexibility index (Phi) is 5.50. The van der Waals surface area contributed by atoms with Crippen LogP contribution in [0.25, 0.3) is 34.7 Å². The number of allylic oxidation sites excluding steroid dienone is 2. The maximum atomic E-state index is 2.62. The first-order valence-corrected chi connectivity index (χ1v) is 14.7. The summed E-state index contributed by atoms with van der Waals surface area (Å²) in [7, 11) is 0. The van der Waals surface area contributed by atoms with Gasteiger partial charge in [0.1, 0.15) is 0 Å². The first-order valence-electron chi connectivity index (χ1n) is 14.7. The fourth-order valence-corrected chi connectivity index (χ4v) is 7.39. The topological polar surface area (TPSA) is 11.0 Å². The Balaban J connectivity index is 1.12. The van der Waals surface area contributed by atoms with E-state index in [4.69, 9.17) is 0 Å². The van der Waals surface area contributed by atoms with E-state index in [1.165, 1.54) is 83.5 Å². The molecule has 2 aromatic carbocycles. The normalized spacial score (nSPS) is 17.0. The van der Waals surface area contributed by atoms with E-state index in [0.29, 0.717) is 0 Å². The predicted octanol–water partition coefficient (Wildman–Crippen LogP) is 6.13. The lowest BCUT2D eigenvalue weighted by Crippen LogP contribution is -2.43. The van der Waals surface area contributed by atoms with Gasteiger partial charge in [0.2, 0.25) is 11.4 Å². The minimum absolute atomic E-state index is 1.04. The van der Waals surface area contributed by atoms with E-state index >= 15 is 0 Å². The van der Waals surface area contributed by atoms with E-state index in [9.17, 15) is 0 Å². The van der Waals surface area contributed by atoms with Gasteiger partial charge in [-0.1, -0.05) is 36.4 Å². The van der Waals surface area contributed by atoms with E-state index in [-0.39, 0.29) is 0 Å². The van der Waals surface area contributed by atoms with Crippen molar-refractivity contribution in [2.75, 3.05) is 18.0 Å². The van der Waals surface area contributed by atoms with Crippen LogP contribution < -0.4 is 14.0 Å². The number of pyridine rings is 2. The summed E-state index contributed by atoms with van der Waals surface area (Å²) < 4.78 is 4.86. The second-order valence-electron chi connectivity index (χ2n) is 11.6. The minimum Gasteiger partial charge on any atom is -0.371 e. The van der Waals surface area contributed by atoms with Crippen molar-refractivity contribution in [2.24, 2.45) is 0 Å². The SMILES string of the molecule is C(/C=C/c1cc[n+]2c(c1)-c1c(ccc3c1-c1cccc[n+]1CC3)CC2)=C\c1cc2c3c(c1)CCCN3CCC2. The number of rotatable bonds is 3. The molecule has 0 spiro atoms. The fraction of sp³-hybridized carbons (Fsp3) is 0.278. The highest BCUT2D eigenvalue weighted by molar-refractivity contribution is 5.84. The third-order valence-corrected chi connectivity index (χ3v) is 9.18. The van der Waals surface area contributed by atoms with Crippen LogP contribution in [0.2, 0.25) is 0 Å². The Morgan fingerprint density at radius 3 is 2.00 bits per heavy atom. The molecule has 0 amide bonds. The molecule has 2 aromatic heterocycles.